The summed E-state index contributed by atoms with van der Waals surface area (Å²) in [6, 6.07) is 0. The quantitative estimate of drug-likeness (QED) is 0.895. The van der Waals surface area contributed by atoms with Gasteiger partial charge < -0.3 is 5.32 Å². The molecule has 2 bridgehead atoms. The van der Waals surface area contributed by atoms with E-state index in [1.54, 1.807) is 0 Å². The van der Waals surface area contributed by atoms with Gasteiger partial charge in [-0.15, -0.1) is 11.3 Å². The highest BCUT2D eigenvalue weighted by Crippen LogP contribution is 2.49. The molecule has 0 saturated heterocycles. The van der Waals surface area contributed by atoms with E-state index >= 15 is 0 Å². The predicted octanol–water partition coefficient (Wildman–Crippen LogP) is 3.22. The summed E-state index contributed by atoms with van der Waals surface area (Å²) >= 11 is 1.51. The fourth-order valence-corrected chi connectivity index (χ4v) is 4.15. The summed E-state index contributed by atoms with van der Waals surface area (Å²) in [6.07, 6.45) is 6.08. The van der Waals surface area contributed by atoms with E-state index in [9.17, 15) is 4.79 Å². The number of anilines is 1. The van der Waals surface area contributed by atoms with Crippen LogP contribution in [0.5, 0.6) is 0 Å². The first-order chi connectivity index (χ1) is 8.20. The molecule has 92 valence electrons. The summed E-state index contributed by atoms with van der Waals surface area (Å²) in [7, 11) is 0. The fourth-order valence-electron chi connectivity index (χ4n) is 3.45. The Morgan fingerprint density at radius 1 is 1.53 bits per heavy atom. The van der Waals surface area contributed by atoms with E-state index in [4.69, 9.17) is 0 Å². The lowest BCUT2D eigenvalue weighted by atomic mass is 9.86. The maximum atomic E-state index is 11.9. The number of fused-ring (bicyclic) bond motifs is 2. The van der Waals surface area contributed by atoms with Gasteiger partial charge in [0.25, 0.3) is 0 Å². The molecular weight excluding hydrogens is 232 g/mol. The second-order valence-corrected chi connectivity index (χ2v) is 6.34. The topological polar surface area (TPSA) is 42.0 Å². The minimum absolute atomic E-state index is 0.150. The number of thiazole rings is 1. The first kappa shape index (κ1) is 11.2. The third kappa shape index (κ3) is 2.37. The number of rotatable bonds is 3. The molecule has 1 heterocycles. The Morgan fingerprint density at radius 2 is 2.41 bits per heavy atom. The van der Waals surface area contributed by atoms with Crippen molar-refractivity contribution in [3.63, 3.8) is 0 Å². The average molecular weight is 250 g/mol. The first-order valence-corrected chi connectivity index (χ1v) is 7.30. The summed E-state index contributed by atoms with van der Waals surface area (Å²) < 4.78 is 0. The van der Waals surface area contributed by atoms with E-state index in [2.05, 4.69) is 10.3 Å². The highest BCUT2D eigenvalue weighted by atomic mass is 32.1. The molecule has 3 rings (SSSR count). The van der Waals surface area contributed by atoms with Crippen molar-refractivity contribution in [3.8, 4) is 0 Å². The van der Waals surface area contributed by atoms with Gasteiger partial charge >= 0.3 is 0 Å². The number of amides is 1. The number of nitrogens with zero attached hydrogens (tertiary/aromatic N) is 1. The molecule has 0 radical (unpaired) electrons. The van der Waals surface area contributed by atoms with Gasteiger partial charge in [-0.05, 0) is 43.9 Å². The van der Waals surface area contributed by atoms with E-state index in [0.29, 0.717) is 12.3 Å². The van der Waals surface area contributed by atoms with E-state index < -0.39 is 0 Å². The lowest BCUT2D eigenvalue weighted by Crippen LogP contribution is -2.20. The molecule has 2 saturated carbocycles. The predicted molar refractivity (Wildman–Crippen MR) is 69.0 cm³/mol. The van der Waals surface area contributed by atoms with Gasteiger partial charge in [-0.2, -0.15) is 0 Å². The summed E-state index contributed by atoms with van der Waals surface area (Å²) in [6.45, 7) is 1.95. The first-order valence-electron chi connectivity index (χ1n) is 6.42. The van der Waals surface area contributed by atoms with Crippen LogP contribution >= 0.6 is 11.3 Å². The summed E-state index contributed by atoms with van der Waals surface area (Å²) in [5.41, 5.74) is 0.977. The van der Waals surface area contributed by atoms with Crippen LogP contribution in [0.25, 0.3) is 0 Å². The van der Waals surface area contributed by atoms with Gasteiger partial charge in [0.05, 0.1) is 5.69 Å². The summed E-state index contributed by atoms with van der Waals surface area (Å²) in [5, 5.41) is 5.63. The number of carbonyl (C=O) groups is 1. The number of aryl methyl sites for hydroxylation is 1. The van der Waals surface area contributed by atoms with E-state index in [1.165, 1.54) is 37.0 Å². The lowest BCUT2D eigenvalue weighted by Gasteiger charge is -2.20. The molecule has 3 nitrogen and oxygen atoms in total. The highest BCUT2D eigenvalue weighted by Gasteiger charge is 2.40. The Balaban J connectivity index is 1.54. The van der Waals surface area contributed by atoms with Gasteiger partial charge in [0, 0.05) is 11.8 Å². The van der Waals surface area contributed by atoms with E-state index in [-0.39, 0.29) is 5.91 Å². The molecule has 2 aliphatic rings. The van der Waals surface area contributed by atoms with Crippen molar-refractivity contribution in [1.82, 2.24) is 4.98 Å². The van der Waals surface area contributed by atoms with Crippen LogP contribution in [0.3, 0.4) is 0 Å². The van der Waals surface area contributed by atoms with Crippen molar-refractivity contribution in [3.05, 3.63) is 11.1 Å². The number of aromatic nitrogens is 1. The molecule has 1 N–H and O–H groups in total. The Morgan fingerprint density at radius 3 is 3.00 bits per heavy atom. The van der Waals surface area contributed by atoms with Gasteiger partial charge in [-0.1, -0.05) is 6.42 Å². The van der Waals surface area contributed by atoms with E-state index in [0.717, 1.165) is 22.7 Å². The van der Waals surface area contributed by atoms with Gasteiger partial charge in [-0.3, -0.25) is 4.79 Å². The Bertz CT molecular complexity index is 429. The molecule has 3 atom stereocenters. The zero-order chi connectivity index (χ0) is 11.8. The van der Waals surface area contributed by atoms with Gasteiger partial charge in [-0.25, -0.2) is 4.98 Å². The van der Waals surface area contributed by atoms with Crippen LogP contribution in [-0.4, -0.2) is 10.9 Å². The Hall–Kier alpha value is -0.900. The van der Waals surface area contributed by atoms with Crippen molar-refractivity contribution in [1.29, 1.82) is 0 Å². The second kappa shape index (κ2) is 4.41. The van der Waals surface area contributed by atoms with Crippen molar-refractivity contribution in [2.75, 3.05) is 5.32 Å². The Kier molecular flexibility index (Phi) is 2.90. The minimum atomic E-state index is 0.150. The molecule has 4 heteroatoms. The zero-order valence-corrected chi connectivity index (χ0v) is 10.9. The maximum Gasteiger partial charge on any atom is 0.226 e. The maximum absolute atomic E-state index is 11.9. The monoisotopic (exact) mass is 250 g/mol. The molecule has 2 aliphatic carbocycles. The van der Waals surface area contributed by atoms with Crippen LogP contribution in [0.4, 0.5) is 5.13 Å². The lowest BCUT2D eigenvalue weighted by molar-refractivity contribution is -0.117. The van der Waals surface area contributed by atoms with Crippen LogP contribution in [0.15, 0.2) is 5.38 Å². The standard InChI is InChI=1S/C13H18N2OS/c1-8-7-17-13(14-8)15-12(16)6-11-5-9-2-3-10(11)4-9/h7,9-11H,2-6H2,1H3,(H,14,15,16)/t9-,10+,11-/m0/s1. The van der Waals surface area contributed by atoms with Crippen molar-refractivity contribution in [2.45, 2.75) is 39.0 Å². The third-order valence-corrected chi connectivity index (χ3v) is 5.07. The minimum Gasteiger partial charge on any atom is -0.302 e. The second-order valence-electron chi connectivity index (χ2n) is 5.48. The fraction of sp³-hybridized carbons (Fsp3) is 0.692. The zero-order valence-electron chi connectivity index (χ0n) is 10.1. The molecule has 1 aromatic heterocycles. The Labute approximate surface area is 106 Å². The van der Waals surface area contributed by atoms with Crippen molar-refractivity contribution in [2.24, 2.45) is 17.8 Å². The third-order valence-electron chi connectivity index (χ3n) is 4.20. The number of hydrogen-bond acceptors (Lipinski definition) is 3. The van der Waals surface area contributed by atoms with Crippen LogP contribution in [-0.2, 0) is 4.79 Å². The molecule has 0 unspecified atom stereocenters. The van der Waals surface area contributed by atoms with Crippen molar-refractivity contribution >= 4 is 22.4 Å². The summed E-state index contributed by atoms with van der Waals surface area (Å²) in [5.74, 6) is 2.52. The number of hydrogen-bond donors (Lipinski definition) is 1. The average Bonchev–Trinajstić information content (AvgIpc) is 2.95. The van der Waals surface area contributed by atoms with Crippen molar-refractivity contribution < 1.29 is 4.79 Å². The smallest absolute Gasteiger partial charge is 0.226 e. The van der Waals surface area contributed by atoms with Gasteiger partial charge in [0.1, 0.15) is 0 Å². The van der Waals surface area contributed by atoms with E-state index in [1.807, 2.05) is 12.3 Å². The molecule has 2 fully saturated rings. The highest BCUT2D eigenvalue weighted by molar-refractivity contribution is 7.13. The molecule has 0 aromatic carbocycles. The normalized spacial score (nSPS) is 30.8. The molecule has 1 amide bonds. The van der Waals surface area contributed by atoms with Crippen LogP contribution in [0.1, 0.15) is 37.8 Å². The molecule has 17 heavy (non-hydrogen) atoms. The largest absolute Gasteiger partial charge is 0.302 e. The number of nitrogens with one attached hydrogen (secondary N) is 1. The SMILES string of the molecule is Cc1csc(NC(=O)C[C@@H]2C[C@H]3CC[C@@H]2C3)n1. The molecule has 0 aliphatic heterocycles. The summed E-state index contributed by atoms with van der Waals surface area (Å²) in [4.78, 5) is 16.2. The van der Waals surface area contributed by atoms with Gasteiger partial charge in [0.2, 0.25) is 5.91 Å². The molecule has 0 spiro atoms. The van der Waals surface area contributed by atoms with Gasteiger partial charge in [0.15, 0.2) is 5.13 Å². The molecular formula is C13H18N2OS. The molecule has 1 aromatic rings. The van der Waals surface area contributed by atoms with Crippen LogP contribution in [0.2, 0.25) is 0 Å². The number of carbonyl (C=O) groups excluding carboxylic acids is 1. The van der Waals surface area contributed by atoms with Crippen LogP contribution < -0.4 is 5.32 Å². The van der Waals surface area contributed by atoms with Crippen LogP contribution in [0, 0.1) is 24.7 Å².